The van der Waals surface area contributed by atoms with E-state index >= 15 is 0 Å². The summed E-state index contributed by atoms with van der Waals surface area (Å²) in [4.78, 5) is 19.6. The maximum Gasteiger partial charge on any atom is 0.252 e. The van der Waals surface area contributed by atoms with Crippen molar-refractivity contribution in [3.05, 3.63) is 30.1 Å². The molecule has 1 heterocycles. The number of amides is 1. The molecule has 1 aromatic rings. The second-order valence-electron chi connectivity index (χ2n) is 3.69. The Labute approximate surface area is 130 Å². The van der Waals surface area contributed by atoms with E-state index in [9.17, 15) is 4.79 Å². The number of guanidine groups is 1. The Morgan fingerprint density at radius 1 is 1.42 bits per heavy atom. The Kier molecular flexibility index (Phi) is 9.77. The van der Waals surface area contributed by atoms with E-state index in [4.69, 9.17) is 5.73 Å². The molecule has 0 aliphatic carbocycles. The number of nitrogens with zero attached hydrogens (tertiary/aromatic N) is 2. The first-order chi connectivity index (χ1) is 8.74. The van der Waals surface area contributed by atoms with Crippen LogP contribution in [0.1, 0.15) is 23.7 Å². The van der Waals surface area contributed by atoms with Gasteiger partial charge in [0.25, 0.3) is 5.91 Å². The normalized spacial score (nSPS) is 10.5. The third-order valence-corrected chi connectivity index (χ3v) is 2.15. The van der Waals surface area contributed by atoms with Gasteiger partial charge < -0.3 is 16.4 Å². The first-order valence-electron chi connectivity index (χ1n) is 5.96. The van der Waals surface area contributed by atoms with Crippen LogP contribution in [0.4, 0.5) is 0 Å². The highest BCUT2D eigenvalue weighted by atomic mass is 127. The summed E-state index contributed by atoms with van der Waals surface area (Å²) in [6.07, 6.45) is 4.11. The standard InChI is InChI=1S/C12H19N5O.HI/c1-2-5-16-12(13)17-8-7-15-11(18)10-4-3-6-14-9-10;/h3-4,6,9H,2,5,7-8H2,1H3,(H,15,18)(H3,13,16,17);1H. The van der Waals surface area contributed by atoms with Gasteiger partial charge >= 0.3 is 0 Å². The molecule has 6 nitrogen and oxygen atoms in total. The molecule has 0 saturated heterocycles. The number of nitrogens with two attached hydrogens (primary N) is 1. The van der Waals surface area contributed by atoms with Gasteiger partial charge in [0, 0.05) is 32.0 Å². The monoisotopic (exact) mass is 377 g/mol. The van der Waals surface area contributed by atoms with E-state index in [1.54, 1.807) is 18.3 Å². The molecule has 0 saturated carbocycles. The van der Waals surface area contributed by atoms with Gasteiger partial charge in [-0.25, -0.2) is 0 Å². The number of halogens is 1. The number of carbonyl (C=O) groups is 1. The zero-order chi connectivity index (χ0) is 13.2. The van der Waals surface area contributed by atoms with Crippen LogP contribution in [0.2, 0.25) is 0 Å². The van der Waals surface area contributed by atoms with E-state index < -0.39 is 0 Å². The summed E-state index contributed by atoms with van der Waals surface area (Å²) in [5.74, 6) is 0.265. The van der Waals surface area contributed by atoms with Crippen molar-refractivity contribution in [1.82, 2.24) is 15.6 Å². The first-order valence-corrected chi connectivity index (χ1v) is 5.96. The lowest BCUT2D eigenvalue weighted by atomic mass is 10.3. The summed E-state index contributed by atoms with van der Waals surface area (Å²) in [7, 11) is 0. The van der Waals surface area contributed by atoms with Crippen molar-refractivity contribution in [3.63, 3.8) is 0 Å². The SMILES string of the molecule is CCCN=C(N)NCCNC(=O)c1cccnc1.I. The van der Waals surface area contributed by atoms with Gasteiger partial charge in [0.2, 0.25) is 0 Å². The molecule has 0 unspecified atom stereocenters. The number of aliphatic imine (C=N–C) groups is 1. The summed E-state index contributed by atoms with van der Waals surface area (Å²) < 4.78 is 0. The van der Waals surface area contributed by atoms with Crippen molar-refractivity contribution in [2.24, 2.45) is 10.7 Å². The van der Waals surface area contributed by atoms with Crippen LogP contribution in [0, 0.1) is 0 Å². The average Bonchev–Trinajstić information content (AvgIpc) is 2.42. The van der Waals surface area contributed by atoms with Crippen LogP contribution in [0.3, 0.4) is 0 Å². The highest BCUT2D eigenvalue weighted by Crippen LogP contribution is 1.93. The maximum atomic E-state index is 11.6. The fraction of sp³-hybridized carbons (Fsp3) is 0.417. The molecule has 7 heteroatoms. The van der Waals surface area contributed by atoms with E-state index in [0.717, 1.165) is 6.42 Å². The van der Waals surface area contributed by atoms with Gasteiger partial charge in [-0.3, -0.25) is 14.8 Å². The van der Waals surface area contributed by atoms with Crippen molar-refractivity contribution in [1.29, 1.82) is 0 Å². The Hall–Kier alpha value is -1.38. The molecule has 0 fully saturated rings. The van der Waals surface area contributed by atoms with Crippen molar-refractivity contribution in [2.45, 2.75) is 13.3 Å². The molecule has 1 aromatic heterocycles. The zero-order valence-electron chi connectivity index (χ0n) is 10.9. The molecule has 19 heavy (non-hydrogen) atoms. The molecule has 0 aromatic carbocycles. The minimum absolute atomic E-state index is 0. The van der Waals surface area contributed by atoms with Crippen molar-refractivity contribution < 1.29 is 4.79 Å². The van der Waals surface area contributed by atoms with E-state index in [-0.39, 0.29) is 29.9 Å². The zero-order valence-corrected chi connectivity index (χ0v) is 13.3. The van der Waals surface area contributed by atoms with Gasteiger partial charge in [-0.05, 0) is 18.6 Å². The average molecular weight is 377 g/mol. The molecule has 1 rings (SSSR count). The van der Waals surface area contributed by atoms with Gasteiger partial charge in [0.15, 0.2) is 5.96 Å². The number of rotatable bonds is 6. The Balaban J connectivity index is 0.00000324. The molecule has 4 N–H and O–H groups in total. The van der Waals surface area contributed by atoms with E-state index in [2.05, 4.69) is 20.6 Å². The molecule has 0 spiro atoms. The Morgan fingerprint density at radius 2 is 2.16 bits per heavy atom. The maximum absolute atomic E-state index is 11.6. The molecule has 0 atom stereocenters. The minimum Gasteiger partial charge on any atom is -0.370 e. The molecule has 106 valence electrons. The minimum atomic E-state index is -0.144. The predicted molar refractivity (Wildman–Crippen MR) is 86.8 cm³/mol. The Morgan fingerprint density at radius 3 is 2.79 bits per heavy atom. The van der Waals surface area contributed by atoms with Crippen LogP contribution in [0.25, 0.3) is 0 Å². The number of pyridine rings is 1. The summed E-state index contributed by atoms with van der Waals surface area (Å²) in [5, 5.41) is 5.68. The van der Waals surface area contributed by atoms with E-state index in [0.29, 0.717) is 31.2 Å². The van der Waals surface area contributed by atoms with Gasteiger partial charge in [-0.1, -0.05) is 6.92 Å². The lowest BCUT2D eigenvalue weighted by Crippen LogP contribution is -2.38. The highest BCUT2D eigenvalue weighted by molar-refractivity contribution is 14.0. The fourth-order valence-electron chi connectivity index (χ4n) is 1.25. The van der Waals surface area contributed by atoms with Crippen LogP contribution in [-0.2, 0) is 0 Å². The highest BCUT2D eigenvalue weighted by Gasteiger charge is 2.03. The van der Waals surface area contributed by atoms with Gasteiger partial charge in [-0.2, -0.15) is 0 Å². The van der Waals surface area contributed by atoms with Crippen LogP contribution in [0.5, 0.6) is 0 Å². The quantitative estimate of drug-likeness (QED) is 0.295. The van der Waals surface area contributed by atoms with Crippen LogP contribution in [0.15, 0.2) is 29.5 Å². The molecule has 0 aliphatic heterocycles. The molecule has 0 aliphatic rings. The second-order valence-corrected chi connectivity index (χ2v) is 3.69. The topological polar surface area (TPSA) is 92.4 Å². The first kappa shape index (κ1) is 17.6. The van der Waals surface area contributed by atoms with Gasteiger partial charge in [-0.15, -0.1) is 24.0 Å². The summed E-state index contributed by atoms with van der Waals surface area (Å²) >= 11 is 0. The smallest absolute Gasteiger partial charge is 0.252 e. The van der Waals surface area contributed by atoms with Crippen LogP contribution >= 0.6 is 24.0 Å². The summed E-state index contributed by atoms with van der Waals surface area (Å²) in [6, 6.07) is 3.44. The van der Waals surface area contributed by atoms with Crippen molar-refractivity contribution in [2.75, 3.05) is 19.6 Å². The van der Waals surface area contributed by atoms with Gasteiger partial charge in [0.1, 0.15) is 0 Å². The largest absolute Gasteiger partial charge is 0.370 e. The predicted octanol–water partition coefficient (Wildman–Crippen LogP) is 0.744. The number of hydrogen-bond acceptors (Lipinski definition) is 3. The number of hydrogen-bond donors (Lipinski definition) is 3. The summed E-state index contributed by atoms with van der Waals surface area (Å²) in [6.45, 7) is 3.77. The number of aromatic nitrogens is 1. The molecule has 0 radical (unpaired) electrons. The lowest BCUT2D eigenvalue weighted by Gasteiger charge is -2.07. The Bertz CT molecular complexity index is 396. The molecular formula is C12H20IN5O. The summed E-state index contributed by atoms with van der Waals surface area (Å²) in [5.41, 5.74) is 6.15. The number of nitrogens with one attached hydrogen (secondary N) is 2. The van der Waals surface area contributed by atoms with Crippen LogP contribution in [-0.4, -0.2) is 36.5 Å². The molecule has 0 bridgehead atoms. The van der Waals surface area contributed by atoms with E-state index in [1.165, 1.54) is 6.20 Å². The van der Waals surface area contributed by atoms with Crippen molar-refractivity contribution >= 4 is 35.8 Å². The molecular weight excluding hydrogens is 357 g/mol. The second kappa shape index (κ2) is 10.5. The fourth-order valence-corrected chi connectivity index (χ4v) is 1.25. The van der Waals surface area contributed by atoms with E-state index in [1.807, 2.05) is 6.92 Å². The third-order valence-electron chi connectivity index (χ3n) is 2.15. The van der Waals surface area contributed by atoms with Crippen LogP contribution < -0.4 is 16.4 Å². The lowest BCUT2D eigenvalue weighted by molar-refractivity contribution is 0.0954. The molecule has 1 amide bonds. The van der Waals surface area contributed by atoms with Crippen molar-refractivity contribution in [3.8, 4) is 0 Å². The van der Waals surface area contributed by atoms with Gasteiger partial charge in [0.05, 0.1) is 5.56 Å². The number of carbonyl (C=O) groups excluding carboxylic acids is 1. The third kappa shape index (κ3) is 7.60.